The van der Waals surface area contributed by atoms with Crippen LogP contribution >= 0.6 is 11.6 Å². The summed E-state index contributed by atoms with van der Waals surface area (Å²) in [6.45, 7) is 1.97. The summed E-state index contributed by atoms with van der Waals surface area (Å²) in [5, 5.41) is 0. The van der Waals surface area contributed by atoms with Gasteiger partial charge in [-0.25, -0.2) is 13.8 Å². The molecule has 0 aromatic heterocycles. The molecule has 3 nitrogen and oxygen atoms in total. The summed E-state index contributed by atoms with van der Waals surface area (Å²) in [6, 6.07) is 2.26. The molecule has 0 spiro atoms. The summed E-state index contributed by atoms with van der Waals surface area (Å²) in [7, 11) is 0. The molecule has 0 amide bonds. The molecule has 0 bridgehead atoms. The van der Waals surface area contributed by atoms with Gasteiger partial charge in [-0.3, -0.25) is 0 Å². The predicted octanol–water partition coefficient (Wildman–Crippen LogP) is 2.59. The van der Waals surface area contributed by atoms with Gasteiger partial charge in [0.2, 0.25) is 0 Å². The molecule has 0 aliphatic heterocycles. The molecule has 1 aromatic carbocycles. The lowest BCUT2D eigenvalue weighted by Crippen LogP contribution is -2.12. The molecule has 6 heteroatoms. The molecule has 0 fully saturated rings. The third-order valence-electron chi connectivity index (χ3n) is 1.72. The maximum Gasteiger partial charge on any atom is 0.193 e. The summed E-state index contributed by atoms with van der Waals surface area (Å²) in [6.07, 6.45) is 0. The van der Waals surface area contributed by atoms with Gasteiger partial charge in [-0.05, 0) is 19.1 Å². The van der Waals surface area contributed by atoms with E-state index in [-0.39, 0.29) is 24.1 Å². The van der Waals surface area contributed by atoms with E-state index in [2.05, 4.69) is 4.99 Å². The first-order valence-electron chi connectivity index (χ1n) is 4.60. The first-order valence-corrected chi connectivity index (χ1v) is 5.13. The van der Waals surface area contributed by atoms with Crippen molar-refractivity contribution in [3.05, 3.63) is 23.8 Å². The number of benzene rings is 1. The van der Waals surface area contributed by atoms with Crippen molar-refractivity contribution in [3.63, 3.8) is 0 Å². The fraction of sp³-hybridized carbons (Fsp3) is 0.300. The summed E-state index contributed by atoms with van der Waals surface area (Å²) in [5.41, 5.74) is 4.83. The Hall–Kier alpha value is -1.36. The molecule has 1 aromatic rings. The van der Waals surface area contributed by atoms with Crippen LogP contribution in [0.5, 0.6) is 5.75 Å². The average Bonchev–Trinajstić information content (AvgIpc) is 2.28. The van der Waals surface area contributed by atoms with E-state index in [0.717, 1.165) is 6.07 Å². The molecule has 0 heterocycles. The van der Waals surface area contributed by atoms with Gasteiger partial charge < -0.3 is 10.5 Å². The Labute approximate surface area is 96.9 Å². The maximum atomic E-state index is 13.6. The number of halogens is 3. The third kappa shape index (κ3) is 2.82. The van der Waals surface area contributed by atoms with Crippen LogP contribution in [-0.4, -0.2) is 18.3 Å². The first-order chi connectivity index (χ1) is 7.60. The van der Waals surface area contributed by atoms with E-state index in [9.17, 15) is 8.78 Å². The van der Waals surface area contributed by atoms with Crippen molar-refractivity contribution in [2.75, 3.05) is 12.5 Å². The van der Waals surface area contributed by atoms with E-state index in [1.165, 1.54) is 6.07 Å². The van der Waals surface area contributed by atoms with Crippen LogP contribution in [0.1, 0.15) is 6.92 Å². The van der Waals surface area contributed by atoms with Crippen molar-refractivity contribution in [1.82, 2.24) is 0 Å². The highest BCUT2D eigenvalue weighted by molar-refractivity contribution is 6.28. The zero-order valence-electron chi connectivity index (χ0n) is 8.64. The van der Waals surface area contributed by atoms with Gasteiger partial charge in [0.25, 0.3) is 0 Å². The molecule has 88 valence electrons. The van der Waals surface area contributed by atoms with Crippen LogP contribution in [0, 0.1) is 11.6 Å². The Bertz CT molecular complexity index is 410. The number of rotatable bonds is 4. The topological polar surface area (TPSA) is 47.6 Å². The standard InChI is InChI=1S/C10H11ClF2N2O/c1-2-16-7-4-3-6(12)10(9(7)13)15-8(14)5-11/h3-4H,2,5H2,1H3,(H2,14,15). The van der Waals surface area contributed by atoms with Crippen molar-refractivity contribution >= 4 is 23.1 Å². The van der Waals surface area contributed by atoms with Crippen LogP contribution in [0.25, 0.3) is 0 Å². The molecular formula is C10H11ClF2N2O. The number of amidine groups is 1. The van der Waals surface area contributed by atoms with Crippen molar-refractivity contribution < 1.29 is 13.5 Å². The van der Waals surface area contributed by atoms with Gasteiger partial charge in [-0.2, -0.15) is 0 Å². The van der Waals surface area contributed by atoms with Gasteiger partial charge in [0.05, 0.1) is 12.5 Å². The minimum absolute atomic E-state index is 0.0619. The minimum atomic E-state index is -0.880. The van der Waals surface area contributed by atoms with E-state index in [0.29, 0.717) is 0 Å². The van der Waals surface area contributed by atoms with Crippen LogP contribution in [0.3, 0.4) is 0 Å². The van der Waals surface area contributed by atoms with Gasteiger partial charge in [0.15, 0.2) is 17.4 Å². The largest absolute Gasteiger partial charge is 0.491 e. The monoisotopic (exact) mass is 248 g/mol. The van der Waals surface area contributed by atoms with Crippen molar-refractivity contribution in [2.45, 2.75) is 6.92 Å². The Balaban J connectivity index is 3.21. The van der Waals surface area contributed by atoms with Crippen LogP contribution in [-0.2, 0) is 0 Å². The number of hydrogen-bond acceptors (Lipinski definition) is 2. The van der Waals surface area contributed by atoms with E-state index in [1.54, 1.807) is 6.92 Å². The van der Waals surface area contributed by atoms with E-state index in [1.807, 2.05) is 0 Å². The van der Waals surface area contributed by atoms with E-state index < -0.39 is 17.3 Å². The second kappa shape index (κ2) is 5.65. The quantitative estimate of drug-likeness (QED) is 0.506. The van der Waals surface area contributed by atoms with E-state index >= 15 is 0 Å². The molecule has 16 heavy (non-hydrogen) atoms. The number of hydrogen-bond donors (Lipinski definition) is 1. The summed E-state index contributed by atoms with van der Waals surface area (Å²) >= 11 is 5.38. The predicted molar refractivity (Wildman–Crippen MR) is 59.5 cm³/mol. The van der Waals surface area contributed by atoms with Crippen LogP contribution in [0.2, 0.25) is 0 Å². The number of aliphatic imine (C=N–C) groups is 1. The number of nitrogens with two attached hydrogens (primary N) is 1. The van der Waals surface area contributed by atoms with Crippen LogP contribution in [0.4, 0.5) is 14.5 Å². The minimum Gasteiger partial charge on any atom is -0.491 e. The fourth-order valence-electron chi connectivity index (χ4n) is 1.07. The lowest BCUT2D eigenvalue weighted by atomic mass is 10.2. The van der Waals surface area contributed by atoms with Gasteiger partial charge in [-0.15, -0.1) is 11.6 Å². The Morgan fingerprint density at radius 2 is 2.19 bits per heavy atom. The Morgan fingerprint density at radius 1 is 1.50 bits per heavy atom. The van der Waals surface area contributed by atoms with Crippen LogP contribution < -0.4 is 10.5 Å². The second-order valence-corrected chi connectivity index (χ2v) is 3.15. The van der Waals surface area contributed by atoms with Crippen molar-refractivity contribution in [1.29, 1.82) is 0 Å². The van der Waals surface area contributed by atoms with Gasteiger partial charge >= 0.3 is 0 Å². The third-order valence-corrected chi connectivity index (χ3v) is 2.00. The Kier molecular flexibility index (Phi) is 4.49. The molecule has 2 N–H and O–H groups in total. The van der Waals surface area contributed by atoms with Gasteiger partial charge in [0, 0.05) is 0 Å². The summed E-state index contributed by atoms with van der Waals surface area (Å²) < 4.78 is 31.9. The molecule has 0 aliphatic rings. The second-order valence-electron chi connectivity index (χ2n) is 2.88. The zero-order valence-corrected chi connectivity index (χ0v) is 9.39. The molecule has 0 saturated heterocycles. The highest BCUT2D eigenvalue weighted by Crippen LogP contribution is 2.29. The fourth-order valence-corrected chi connectivity index (χ4v) is 1.13. The molecule has 0 atom stereocenters. The number of nitrogens with zero attached hydrogens (tertiary/aromatic N) is 1. The number of ether oxygens (including phenoxy) is 1. The SMILES string of the molecule is CCOc1ccc(F)c(N=C(N)CCl)c1F. The lowest BCUT2D eigenvalue weighted by molar-refractivity contribution is 0.321. The zero-order chi connectivity index (χ0) is 12.1. The van der Waals surface area contributed by atoms with Crippen molar-refractivity contribution in [2.24, 2.45) is 10.7 Å². The molecular weight excluding hydrogens is 238 g/mol. The summed E-state index contributed by atoms with van der Waals surface area (Å²) in [5.74, 6) is -1.92. The molecule has 1 rings (SSSR count). The van der Waals surface area contributed by atoms with Crippen LogP contribution in [0.15, 0.2) is 17.1 Å². The van der Waals surface area contributed by atoms with Gasteiger partial charge in [0.1, 0.15) is 11.5 Å². The number of alkyl halides is 1. The Morgan fingerprint density at radius 3 is 2.75 bits per heavy atom. The molecule has 0 saturated carbocycles. The highest BCUT2D eigenvalue weighted by Gasteiger charge is 2.14. The first kappa shape index (κ1) is 12.7. The maximum absolute atomic E-state index is 13.6. The summed E-state index contributed by atoms with van der Waals surface area (Å²) in [4.78, 5) is 3.55. The van der Waals surface area contributed by atoms with E-state index in [4.69, 9.17) is 22.1 Å². The van der Waals surface area contributed by atoms with Gasteiger partial charge in [-0.1, -0.05) is 0 Å². The normalized spacial score (nSPS) is 11.6. The molecule has 0 radical (unpaired) electrons. The molecule has 0 aliphatic carbocycles. The smallest absolute Gasteiger partial charge is 0.193 e. The molecule has 0 unspecified atom stereocenters. The average molecular weight is 249 g/mol. The van der Waals surface area contributed by atoms with Crippen molar-refractivity contribution in [3.8, 4) is 5.75 Å². The lowest BCUT2D eigenvalue weighted by Gasteiger charge is -2.07. The highest BCUT2D eigenvalue weighted by atomic mass is 35.5.